The lowest BCUT2D eigenvalue weighted by Gasteiger charge is -2.22. The topological polar surface area (TPSA) is 97.6 Å². The second-order valence-corrected chi connectivity index (χ2v) is 7.44. The first-order valence-corrected chi connectivity index (χ1v) is 8.27. The fourth-order valence-corrected chi connectivity index (χ4v) is 2.72. The summed E-state index contributed by atoms with van der Waals surface area (Å²) >= 11 is 0. The Morgan fingerprint density at radius 2 is 1.88 bits per heavy atom. The summed E-state index contributed by atoms with van der Waals surface area (Å²) in [6.45, 7) is 7.46. The molecule has 2 heterocycles. The summed E-state index contributed by atoms with van der Waals surface area (Å²) in [5.41, 5.74) is -0.771. The molecule has 3 amide bonds. The van der Waals surface area contributed by atoms with E-state index in [1.165, 1.54) is 0 Å². The summed E-state index contributed by atoms with van der Waals surface area (Å²) in [5, 5.41) is 6.67. The molecule has 138 valence electrons. The highest BCUT2D eigenvalue weighted by molar-refractivity contribution is 6.07. The highest BCUT2D eigenvalue weighted by atomic mass is 16.5. The number of hydrogen-bond acceptors (Lipinski definition) is 6. The van der Waals surface area contributed by atoms with E-state index in [0.717, 1.165) is 4.90 Å². The first kappa shape index (κ1) is 17.9. The third-order valence-corrected chi connectivity index (χ3v) is 4.37. The molecule has 1 unspecified atom stereocenters. The van der Waals surface area contributed by atoms with Crippen LogP contribution in [0.3, 0.4) is 0 Å². The third-order valence-electron chi connectivity index (χ3n) is 4.37. The Labute approximate surface area is 151 Å². The Morgan fingerprint density at radius 3 is 2.42 bits per heavy atom. The van der Waals surface area contributed by atoms with Crippen molar-refractivity contribution in [2.24, 2.45) is 0 Å². The summed E-state index contributed by atoms with van der Waals surface area (Å²) in [5.74, 6) is 1.05. The molecular weight excluding hydrogens is 336 g/mol. The number of urea groups is 1. The van der Waals surface area contributed by atoms with Crippen molar-refractivity contribution in [2.45, 2.75) is 45.2 Å². The van der Waals surface area contributed by atoms with Gasteiger partial charge in [-0.3, -0.25) is 9.69 Å². The molecule has 0 bridgehead atoms. The number of hydrogen-bond donors (Lipinski definition) is 1. The molecule has 1 fully saturated rings. The van der Waals surface area contributed by atoms with E-state index in [-0.39, 0.29) is 23.8 Å². The Balaban J connectivity index is 1.83. The summed E-state index contributed by atoms with van der Waals surface area (Å²) in [6.07, 6.45) is 0. The van der Waals surface area contributed by atoms with Gasteiger partial charge >= 0.3 is 6.03 Å². The monoisotopic (exact) mass is 358 g/mol. The zero-order valence-electron chi connectivity index (χ0n) is 15.5. The number of benzene rings is 1. The normalized spacial score (nSPS) is 20.4. The fraction of sp³-hybridized carbons (Fsp3) is 0.444. The Hall–Kier alpha value is -2.90. The van der Waals surface area contributed by atoms with Crippen LogP contribution in [0.4, 0.5) is 4.79 Å². The van der Waals surface area contributed by atoms with Crippen LogP contribution < -0.4 is 10.1 Å². The number of carbonyl (C=O) groups excluding carboxylic acids is 2. The number of nitrogens with zero attached hydrogens (tertiary/aromatic N) is 3. The van der Waals surface area contributed by atoms with Gasteiger partial charge in [-0.1, -0.05) is 38.1 Å². The van der Waals surface area contributed by atoms with Crippen molar-refractivity contribution >= 4 is 11.9 Å². The Kier molecular flexibility index (Phi) is 4.21. The minimum absolute atomic E-state index is 0.0699. The molecule has 1 saturated heterocycles. The summed E-state index contributed by atoms with van der Waals surface area (Å²) in [4.78, 5) is 30.7. The van der Waals surface area contributed by atoms with E-state index >= 15 is 0 Å². The zero-order chi connectivity index (χ0) is 19.1. The standard InChI is InChI=1S/C18H22N4O4/c1-17(2,3)14-19-13(26-21-14)10-22-15(23)18(4,20-16(22)24)11-6-8-12(25-5)9-7-11/h6-9H,10H2,1-5H3,(H,20,24). The SMILES string of the molecule is COc1ccc(C2(C)NC(=O)N(Cc3nc(C(C)(C)C)no3)C2=O)cc1. The largest absolute Gasteiger partial charge is 0.497 e. The van der Waals surface area contributed by atoms with Crippen molar-refractivity contribution in [3.8, 4) is 5.75 Å². The summed E-state index contributed by atoms with van der Waals surface area (Å²) in [7, 11) is 1.57. The molecular formula is C18H22N4O4. The van der Waals surface area contributed by atoms with Gasteiger partial charge in [0.25, 0.3) is 5.91 Å². The highest BCUT2D eigenvalue weighted by Crippen LogP contribution is 2.31. The first-order valence-electron chi connectivity index (χ1n) is 8.27. The van der Waals surface area contributed by atoms with Crippen molar-refractivity contribution in [1.29, 1.82) is 0 Å². The maximum absolute atomic E-state index is 12.9. The van der Waals surface area contributed by atoms with Crippen molar-refractivity contribution in [3.05, 3.63) is 41.5 Å². The van der Waals surface area contributed by atoms with Crippen molar-refractivity contribution in [1.82, 2.24) is 20.4 Å². The van der Waals surface area contributed by atoms with E-state index < -0.39 is 11.6 Å². The number of rotatable bonds is 4. The van der Waals surface area contributed by atoms with E-state index in [1.807, 2.05) is 20.8 Å². The molecule has 1 atom stereocenters. The van der Waals surface area contributed by atoms with Gasteiger partial charge in [-0.25, -0.2) is 4.79 Å². The molecule has 1 aromatic carbocycles. The number of ether oxygens (including phenoxy) is 1. The maximum atomic E-state index is 12.9. The molecule has 26 heavy (non-hydrogen) atoms. The van der Waals surface area contributed by atoms with Crippen molar-refractivity contribution in [3.63, 3.8) is 0 Å². The van der Waals surface area contributed by atoms with E-state index in [4.69, 9.17) is 9.26 Å². The number of imide groups is 1. The van der Waals surface area contributed by atoms with Crippen LogP contribution in [-0.2, 0) is 22.3 Å². The number of carbonyl (C=O) groups is 2. The molecule has 1 aliphatic rings. The Morgan fingerprint density at radius 1 is 1.23 bits per heavy atom. The van der Waals surface area contributed by atoms with Gasteiger partial charge in [-0.15, -0.1) is 0 Å². The molecule has 0 radical (unpaired) electrons. The average molecular weight is 358 g/mol. The molecule has 0 saturated carbocycles. The second kappa shape index (κ2) is 6.12. The van der Waals surface area contributed by atoms with Gasteiger partial charge in [-0.05, 0) is 24.6 Å². The summed E-state index contributed by atoms with van der Waals surface area (Å²) < 4.78 is 10.3. The van der Waals surface area contributed by atoms with Gasteiger partial charge in [0.1, 0.15) is 17.8 Å². The number of aromatic nitrogens is 2. The third kappa shape index (κ3) is 3.02. The lowest BCUT2D eigenvalue weighted by atomic mass is 9.92. The van der Waals surface area contributed by atoms with Crippen LogP contribution in [0, 0.1) is 0 Å². The number of methoxy groups -OCH3 is 1. The predicted molar refractivity (Wildman–Crippen MR) is 92.4 cm³/mol. The molecule has 8 heteroatoms. The van der Waals surface area contributed by atoms with Crippen LogP contribution >= 0.6 is 0 Å². The van der Waals surface area contributed by atoms with Crippen LogP contribution in [0.1, 0.15) is 45.0 Å². The first-order chi connectivity index (χ1) is 12.1. The van der Waals surface area contributed by atoms with Crippen molar-refractivity contribution < 1.29 is 18.8 Å². The van der Waals surface area contributed by atoms with E-state index in [0.29, 0.717) is 17.1 Å². The minimum Gasteiger partial charge on any atom is -0.497 e. The van der Waals surface area contributed by atoms with Crippen LogP contribution in [0.15, 0.2) is 28.8 Å². The molecule has 0 spiro atoms. The quantitative estimate of drug-likeness (QED) is 0.843. The van der Waals surface area contributed by atoms with Gasteiger partial charge < -0.3 is 14.6 Å². The number of nitrogens with one attached hydrogen (secondary N) is 1. The predicted octanol–water partition coefficient (Wildman–Crippen LogP) is 2.34. The lowest BCUT2D eigenvalue weighted by molar-refractivity contribution is -0.131. The van der Waals surface area contributed by atoms with Crippen molar-refractivity contribution in [2.75, 3.05) is 7.11 Å². The van der Waals surface area contributed by atoms with Crippen LogP contribution in [0.2, 0.25) is 0 Å². The molecule has 1 N–H and O–H groups in total. The van der Waals surface area contributed by atoms with E-state index in [9.17, 15) is 9.59 Å². The smallest absolute Gasteiger partial charge is 0.325 e. The second-order valence-electron chi connectivity index (χ2n) is 7.44. The zero-order valence-corrected chi connectivity index (χ0v) is 15.5. The molecule has 0 aliphatic carbocycles. The maximum Gasteiger partial charge on any atom is 0.325 e. The molecule has 3 rings (SSSR count). The molecule has 8 nitrogen and oxygen atoms in total. The van der Waals surface area contributed by atoms with Crippen LogP contribution in [0.5, 0.6) is 5.75 Å². The molecule has 2 aromatic rings. The van der Waals surface area contributed by atoms with Crippen LogP contribution in [0.25, 0.3) is 0 Å². The lowest BCUT2D eigenvalue weighted by Crippen LogP contribution is -2.40. The molecule has 1 aromatic heterocycles. The average Bonchev–Trinajstić information content (AvgIpc) is 3.15. The minimum atomic E-state index is -1.16. The van der Waals surface area contributed by atoms with Gasteiger partial charge in [0.15, 0.2) is 5.82 Å². The highest BCUT2D eigenvalue weighted by Gasteiger charge is 2.49. The fourth-order valence-electron chi connectivity index (χ4n) is 2.72. The molecule has 1 aliphatic heterocycles. The summed E-state index contributed by atoms with van der Waals surface area (Å²) in [6, 6.07) is 6.51. The van der Waals surface area contributed by atoms with Gasteiger partial charge in [0, 0.05) is 5.41 Å². The Bertz CT molecular complexity index is 838. The van der Waals surface area contributed by atoms with E-state index in [2.05, 4.69) is 15.5 Å². The number of amides is 3. The van der Waals surface area contributed by atoms with Crippen LogP contribution in [-0.4, -0.2) is 34.1 Å². The van der Waals surface area contributed by atoms with Gasteiger partial charge in [0.2, 0.25) is 5.89 Å². The van der Waals surface area contributed by atoms with Gasteiger partial charge in [-0.2, -0.15) is 4.98 Å². The van der Waals surface area contributed by atoms with E-state index in [1.54, 1.807) is 38.3 Å². The van der Waals surface area contributed by atoms with Gasteiger partial charge in [0.05, 0.1) is 7.11 Å².